The molecule has 1 fully saturated rings. The second-order valence-corrected chi connectivity index (χ2v) is 7.37. The maximum absolute atomic E-state index is 12.7. The number of rotatable bonds is 3. The molecule has 7 heteroatoms. The van der Waals surface area contributed by atoms with Crippen LogP contribution < -0.4 is 10.5 Å². The van der Waals surface area contributed by atoms with Crippen LogP contribution in [0.2, 0.25) is 10.0 Å². The summed E-state index contributed by atoms with van der Waals surface area (Å²) in [5.41, 5.74) is 1.75. The number of aromatic nitrogens is 2. The molecule has 1 aliphatic heterocycles. The average molecular weight is 382 g/mol. The predicted octanol–water partition coefficient (Wildman–Crippen LogP) is 3.44. The summed E-state index contributed by atoms with van der Waals surface area (Å²) in [7, 11) is 0. The van der Waals surface area contributed by atoms with Crippen molar-refractivity contribution in [1.29, 1.82) is 0 Å². The SMILES string of the molecule is Cc1ccc(-n2ncc(N3CCCC(C(C)O)C3)c(Cl)c2=O)cc1Cl. The van der Waals surface area contributed by atoms with Crippen LogP contribution in [0.3, 0.4) is 0 Å². The number of aliphatic hydroxyl groups is 1. The van der Waals surface area contributed by atoms with E-state index in [1.807, 2.05) is 17.9 Å². The van der Waals surface area contributed by atoms with Gasteiger partial charge in [-0.25, -0.2) is 0 Å². The Morgan fingerprint density at radius 1 is 1.36 bits per heavy atom. The van der Waals surface area contributed by atoms with Crippen LogP contribution in [0.5, 0.6) is 0 Å². The van der Waals surface area contributed by atoms with Gasteiger partial charge in [-0.05, 0) is 44.4 Å². The van der Waals surface area contributed by atoms with Crippen LogP contribution in [0.1, 0.15) is 25.3 Å². The zero-order valence-electron chi connectivity index (χ0n) is 14.2. The third-order valence-electron chi connectivity index (χ3n) is 4.78. The Morgan fingerprint density at radius 2 is 2.12 bits per heavy atom. The molecule has 1 aromatic carbocycles. The molecule has 2 unspecified atom stereocenters. The summed E-state index contributed by atoms with van der Waals surface area (Å²) >= 11 is 12.5. The van der Waals surface area contributed by atoms with Crippen LogP contribution in [-0.4, -0.2) is 34.1 Å². The number of anilines is 1. The van der Waals surface area contributed by atoms with E-state index in [4.69, 9.17) is 23.2 Å². The second kappa shape index (κ2) is 7.36. The van der Waals surface area contributed by atoms with Crippen LogP contribution in [0.25, 0.3) is 5.69 Å². The first-order chi connectivity index (χ1) is 11.9. The van der Waals surface area contributed by atoms with Gasteiger partial charge in [0, 0.05) is 24.0 Å². The molecule has 0 radical (unpaired) electrons. The lowest BCUT2D eigenvalue weighted by Crippen LogP contribution is -2.40. The molecule has 1 aliphatic rings. The van der Waals surface area contributed by atoms with Crippen molar-refractivity contribution in [1.82, 2.24) is 9.78 Å². The van der Waals surface area contributed by atoms with Gasteiger partial charge in [0.25, 0.3) is 5.56 Å². The van der Waals surface area contributed by atoms with Gasteiger partial charge in [0.1, 0.15) is 5.02 Å². The highest BCUT2D eigenvalue weighted by atomic mass is 35.5. The average Bonchev–Trinajstić information content (AvgIpc) is 2.60. The first-order valence-corrected chi connectivity index (χ1v) is 9.11. The molecule has 2 aromatic rings. The molecule has 3 rings (SSSR count). The first-order valence-electron chi connectivity index (χ1n) is 8.36. The van der Waals surface area contributed by atoms with Gasteiger partial charge < -0.3 is 10.0 Å². The molecule has 2 atom stereocenters. The van der Waals surface area contributed by atoms with Crippen LogP contribution in [0.15, 0.2) is 29.2 Å². The first kappa shape index (κ1) is 18.2. The molecular weight excluding hydrogens is 361 g/mol. The van der Waals surface area contributed by atoms with Gasteiger partial charge in [-0.3, -0.25) is 4.79 Å². The van der Waals surface area contributed by atoms with E-state index >= 15 is 0 Å². The maximum Gasteiger partial charge on any atom is 0.292 e. The van der Waals surface area contributed by atoms with E-state index in [1.54, 1.807) is 25.3 Å². The zero-order valence-corrected chi connectivity index (χ0v) is 15.8. The molecule has 0 aliphatic carbocycles. The summed E-state index contributed by atoms with van der Waals surface area (Å²) in [5, 5.41) is 14.8. The molecule has 0 spiro atoms. The molecule has 5 nitrogen and oxygen atoms in total. The zero-order chi connectivity index (χ0) is 18.1. The molecule has 1 N–H and O–H groups in total. The quantitative estimate of drug-likeness (QED) is 0.884. The highest BCUT2D eigenvalue weighted by Gasteiger charge is 2.26. The van der Waals surface area contributed by atoms with Gasteiger partial charge in [-0.1, -0.05) is 29.3 Å². The van der Waals surface area contributed by atoms with E-state index in [-0.39, 0.29) is 22.6 Å². The van der Waals surface area contributed by atoms with Crippen LogP contribution in [-0.2, 0) is 0 Å². The van der Waals surface area contributed by atoms with E-state index in [0.717, 1.165) is 24.9 Å². The molecule has 0 bridgehead atoms. The van der Waals surface area contributed by atoms with E-state index in [2.05, 4.69) is 5.10 Å². The summed E-state index contributed by atoms with van der Waals surface area (Å²) < 4.78 is 1.26. The minimum atomic E-state index is -0.385. The third-order valence-corrected chi connectivity index (χ3v) is 5.54. The van der Waals surface area contributed by atoms with Gasteiger partial charge in [-0.2, -0.15) is 9.78 Å². The summed E-state index contributed by atoms with van der Waals surface area (Å²) in [4.78, 5) is 14.7. The lowest BCUT2D eigenvalue weighted by molar-refractivity contribution is 0.115. The van der Waals surface area contributed by atoms with Gasteiger partial charge in [0.2, 0.25) is 0 Å². The fourth-order valence-corrected chi connectivity index (χ4v) is 3.59. The maximum atomic E-state index is 12.7. The largest absolute Gasteiger partial charge is 0.393 e. The summed E-state index contributed by atoms with van der Waals surface area (Å²) in [6.07, 6.45) is 3.15. The monoisotopic (exact) mass is 381 g/mol. The Labute approximate surface area is 156 Å². The smallest absolute Gasteiger partial charge is 0.292 e. The second-order valence-electron chi connectivity index (χ2n) is 6.58. The Balaban J connectivity index is 1.95. The summed E-state index contributed by atoms with van der Waals surface area (Å²) in [6, 6.07) is 5.33. The third kappa shape index (κ3) is 3.68. The Morgan fingerprint density at radius 3 is 2.80 bits per heavy atom. The van der Waals surface area contributed by atoms with Gasteiger partial charge in [0.05, 0.1) is 23.7 Å². The lowest BCUT2D eigenvalue weighted by Gasteiger charge is -2.35. The number of piperidine rings is 1. The molecule has 0 amide bonds. The summed E-state index contributed by atoms with van der Waals surface area (Å²) in [6.45, 7) is 5.16. The van der Waals surface area contributed by atoms with Crippen molar-refractivity contribution in [2.24, 2.45) is 5.92 Å². The normalized spacial score (nSPS) is 19.1. The van der Waals surface area contributed by atoms with Crippen LogP contribution >= 0.6 is 23.2 Å². The van der Waals surface area contributed by atoms with Crippen molar-refractivity contribution < 1.29 is 5.11 Å². The van der Waals surface area contributed by atoms with Crippen molar-refractivity contribution in [2.45, 2.75) is 32.8 Å². The number of hydrogen-bond donors (Lipinski definition) is 1. The number of hydrogen-bond acceptors (Lipinski definition) is 4. The fraction of sp³-hybridized carbons (Fsp3) is 0.444. The van der Waals surface area contributed by atoms with Crippen LogP contribution in [0, 0.1) is 12.8 Å². The van der Waals surface area contributed by atoms with Crippen molar-refractivity contribution in [2.75, 3.05) is 18.0 Å². The van der Waals surface area contributed by atoms with E-state index in [9.17, 15) is 9.90 Å². The number of benzene rings is 1. The number of halogens is 2. The number of aryl methyl sites for hydroxylation is 1. The standard InChI is InChI=1S/C18H21Cl2N3O2/c1-11-5-6-14(8-15(11)19)23-18(25)17(20)16(9-21-23)22-7-3-4-13(10-22)12(2)24/h5-6,8-9,12-13,24H,3-4,7,10H2,1-2H3. The van der Waals surface area contributed by atoms with Crippen molar-refractivity contribution in [3.63, 3.8) is 0 Å². The van der Waals surface area contributed by atoms with Crippen molar-refractivity contribution in [3.05, 3.63) is 50.4 Å². The molecule has 25 heavy (non-hydrogen) atoms. The van der Waals surface area contributed by atoms with Gasteiger partial charge in [0.15, 0.2) is 0 Å². The van der Waals surface area contributed by atoms with Crippen LogP contribution in [0.4, 0.5) is 5.69 Å². The van der Waals surface area contributed by atoms with E-state index in [1.165, 1.54) is 4.68 Å². The summed E-state index contributed by atoms with van der Waals surface area (Å²) in [5.74, 6) is 0.170. The molecule has 2 heterocycles. The molecular formula is C18H21Cl2N3O2. The van der Waals surface area contributed by atoms with Gasteiger partial charge in [-0.15, -0.1) is 0 Å². The molecule has 134 valence electrons. The molecule has 1 aromatic heterocycles. The van der Waals surface area contributed by atoms with Gasteiger partial charge >= 0.3 is 0 Å². The van der Waals surface area contributed by atoms with Crippen molar-refractivity contribution in [3.8, 4) is 5.69 Å². The minimum Gasteiger partial charge on any atom is -0.393 e. The topological polar surface area (TPSA) is 58.4 Å². The number of aliphatic hydroxyl groups excluding tert-OH is 1. The Hall–Kier alpha value is -1.56. The highest BCUT2D eigenvalue weighted by Crippen LogP contribution is 2.28. The van der Waals surface area contributed by atoms with E-state index in [0.29, 0.717) is 22.9 Å². The Kier molecular flexibility index (Phi) is 5.37. The fourth-order valence-electron chi connectivity index (χ4n) is 3.16. The van der Waals surface area contributed by atoms with Crippen molar-refractivity contribution >= 4 is 28.9 Å². The lowest BCUT2D eigenvalue weighted by atomic mass is 9.93. The predicted molar refractivity (Wildman–Crippen MR) is 101 cm³/mol. The molecule has 1 saturated heterocycles. The highest BCUT2D eigenvalue weighted by molar-refractivity contribution is 6.33. The molecule has 0 saturated carbocycles. The van der Waals surface area contributed by atoms with E-state index < -0.39 is 0 Å². The number of nitrogens with zero attached hydrogens (tertiary/aromatic N) is 3. The minimum absolute atomic E-state index is 0.137. The Bertz CT molecular complexity index is 836.